The van der Waals surface area contributed by atoms with Crippen LogP contribution in [0.2, 0.25) is 0 Å². The second kappa shape index (κ2) is 15.2. The Morgan fingerprint density at radius 3 is 1.51 bits per heavy atom. The SMILES string of the molecule is O=c1c2ccccc2n2c3ccc(-c4ccc5c(c4)N(c4ccccc4)c4cc(N(c6ccccc6)c6ccccc6)cc6c4B5c4ccccc4N6c4ccccc4)cc3c(=O)c3cccc1c32. The molecule has 0 saturated heterocycles. The van der Waals surface area contributed by atoms with Crippen LogP contribution in [0.1, 0.15) is 0 Å². The molecule has 6 nitrogen and oxygen atoms in total. The van der Waals surface area contributed by atoms with Crippen LogP contribution in [0, 0.1) is 0 Å². The summed E-state index contributed by atoms with van der Waals surface area (Å²) >= 11 is 0. The van der Waals surface area contributed by atoms with Gasteiger partial charge in [0.15, 0.2) is 10.9 Å². The van der Waals surface area contributed by atoms with Crippen LogP contribution in [0.4, 0.5) is 51.2 Å². The van der Waals surface area contributed by atoms with Gasteiger partial charge in [0.1, 0.15) is 0 Å². The average Bonchev–Trinajstić information content (AvgIpc) is 3.41. The van der Waals surface area contributed by atoms with Crippen molar-refractivity contribution < 1.29 is 0 Å². The molecule has 0 atom stereocenters. The lowest BCUT2D eigenvalue weighted by molar-refractivity contribution is 1.23. The summed E-state index contributed by atoms with van der Waals surface area (Å²) < 4.78 is 2.10. The predicted molar refractivity (Wildman–Crippen MR) is 288 cm³/mol. The van der Waals surface area contributed by atoms with Gasteiger partial charge in [-0.3, -0.25) is 9.59 Å². The lowest BCUT2D eigenvalue weighted by Gasteiger charge is -2.45. The van der Waals surface area contributed by atoms with E-state index in [1.165, 1.54) is 16.4 Å². The molecule has 0 bridgehead atoms. The number of aromatic nitrogens is 1. The third-order valence-electron chi connectivity index (χ3n) is 14.2. The molecule has 0 saturated carbocycles. The maximum Gasteiger partial charge on any atom is 0.252 e. The number of anilines is 9. The number of hydrogen-bond donors (Lipinski definition) is 0. The van der Waals surface area contributed by atoms with Crippen LogP contribution in [0.15, 0.2) is 246 Å². The molecule has 0 amide bonds. The monoisotopic (exact) mass is 882 g/mol. The van der Waals surface area contributed by atoms with Crippen LogP contribution >= 0.6 is 0 Å². The van der Waals surface area contributed by atoms with Crippen molar-refractivity contribution in [2.45, 2.75) is 0 Å². The van der Waals surface area contributed by atoms with E-state index in [0.717, 1.165) is 73.3 Å². The third-order valence-corrected chi connectivity index (χ3v) is 14.2. The molecule has 0 spiro atoms. The van der Waals surface area contributed by atoms with Crippen LogP contribution in [0.3, 0.4) is 0 Å². The molecule has 7 heteroatoms. The quantitative estimate of drug-likeness (QED) is 0.0946. The van der Waals surface area contributed by atoms with Gasteiger partial charge in [0.25, 0.3) is 6.71 Å². The Morgan fingerprint density at radius 2 is 0.841 bits per heavy atom. The molecule has 12 aromatic rings. The number of para-hydroxylation sites is 7. The summed E-state index contributed by atoms with van der Waals surface area (Å²) in [4.78, 5) is 35.7. The van der Waals surface area contributed by atoms with E-state index in [9.17, 15) is 9.59 Å². The minimum Gasteiger partial charge on any atom is -0.311 e. The van der Waals surface area contributed by atoms with E-state index >= 15 is 0 Å². The van der Waals surface area contributed by atoms with Gasteiger partial charge in [-0.05, 0) is 137 Å². The van der Waals surface area contributed by atoms with Crippen molar-refractivity contribution in [2.24, 2.45) is 0 Å². The topological polar surface area (TPSA) is 48.3 Å². The van der Waals surface area contributed by atoms with Crippen molar-refractivity contribution in [3.63, 3.8) is 0 Å². The summed E-state index contributed by atoms with van der Waals surface area (Å²) in [6.07, 6.45) is 0. The van der Waals surface area contributed by atoms with E-state index in [1.807, 2.05) is 48.5 Å². The lowest BCUT2D eigenvalue weighted by atomic mass is 9.33. The van der Waals surface area contributed by atoms with Crippen molar-refractivity contribution in [3.8, 4) is 11.1 Å². The van der Waals surface area contributed by atoms with E-state index in [-0.39, 0.29) is 17.6 Å². The Labute approximate surface area is 397 Å². The largest absolute Gasteiger partial charge is 0.311 e. The number of fused-ring (bicyclic) bond motifs is 8. The Balaban J connectivity index is 1.04. The molecule has 14 rings (SSSR count). The number of pyridine rings is 2. The highest BCUT2D eigenvalue weighted by Gasteiger charge is 2.44. The fraction of sp³-hybridized carbons (Fsp3) is 0. The maximum atomic E-state index is 14.7. The molecule has 0 aliphatic carbocycles. The molecule has 2 aliphatic rings. The summed E-state index contributed by atoms with van der Waals surface area (Å²) in [5.41, 5.74) is 17.3. The Hall–Kier alpha value is -9.20. The minimum atomic E-state index is -0.0937. The molecule has 0 N–H and O–H groups in total. The minimum absolute atomic E-state index is 0.0642. The summed E-state index contributed by atoms with van der Waals surface area (Å²) in [6, 6.07) is 82.4. The van der Waals surface area contributed by atoms with Gasteiger partial charge in [-0.2, -0.15) is 0 Å². The first-order valence-corrected chi connectivity index (χ1v) is 23.4. The van der Waals surface area contributed by atoms with E-state index in [4.69, 9.17) is 0 Å². The molecule has 0 fully saturated rings. The first kappa shape index (κ1) is 39.0. The van der Waals surface area contributed by atoms with Gasteiger partial charge in [0, 0.05) is 67.0 Å². The normalized spacial score (nSPS) is 12.7. The zero-order valence-electron chi connectivity index (χ0n) is 37.2. The zero-order valence-corrected chi connectivity index (χ0v) is 37.2. The summed E-state index contributed by atoms with van der Waals surface area (Å²) in [6.45, 7) is -0.0937. The zero-order chi connectivity index (χ0) is 45.7. The number of hydrogen-bond acceptors (Lipinski definition) is 5. The molecular formula is C62H39BN4O2. The Bertz CT molecular complexity index is 4110. The Morgan fingerprint density at radius 1 is 0.348 bits per heavy atom. The van der Waals surface area contributed by atoms with E-state index in [0.29, 0.717) is 27.1 Å². The maximum absolute atomic E-state index is 14.7. The van der Waals surface area contributed by atoms with Crippen molar-refractivity contribution in [1.29, 1.82) is 0 Å². The third kappa shape index (κ3) is 5.80. The van der Waals surface area contributed by atoms with Gasteiger partial charge in [-0.25, -0.2) is 0 Å². The Kier molecular flexibility index (Phi) is 8.58. The molecule has 0 radical (unpaired) electrons. The van der Waals surface area contributed by atoms with Gasteiger partial charge < -0.3 is 19.1 Å². The van der Waals surface area contributed by atoms with E-state index in [2.05, 4.69) is 207 Å². The fourth-order valence-corrected chi connectivity index (χ4v) is 11.3. The first-order valence-electron chi connectivity index (χ1n) is 23.4. The first-order chi connectivity index (χ1) is 34.1. The highest BCUT2D eigenvalue weighted by atomic mass is 16.1. The molecule has 0 unspecified atom stereocenters. The van der Waals surface area contributed by atoms with Crippen LogP contribution in [0.25, 0.3) is 49.2 Å². The van der Waals surface area contributed by atoms with Crippen molar-refractivity contribution in [3.05, 3.63) is 257 Å². The van der Waals surface area contributed by atoms with Crippen LogP contribution in [-0.4, -0.2) is 11.1 Å². The second-order valence-electron chi connectivity index (χ2n) is 18.0. The molecular weight excluding hydrogens is 844 g/mol. The molecule has 2 aromatic heterocycles. The molecule has 322 valence electrons. The fourth-order valence-electron chi connectivity index (χ4n) is 11.3. The number of rotatable bonds is 6. The van der Waals surface area contributed by atoms with Crippen molar-refractivity contribution in [1.82, 2.24) is 4.40 Å². The van der Waals surface area contributed by atoms with Gasteiger partial charge in [0.2, 0.25) is 0 Å². The van der Waals surface area contributed by atoms with Crippen molar-refractivity contribution in [2.75, 3.05) is 14.7 Å². The van der Waals surface area contributed by atoms with Crippen LogP contribution < -0.4 is 41.9 Å². The number of nitrogens with zero attached hydrogens (tertiary/aromatic N) is 4. The van der Waals surface area contributed by atoms with E-state index in [1.54, 1.807) is 0 Å². The highest BCUT2D eigenvalue weighted by Crippen LogP contribution is 2.48. The van der Waals surface area contributed by atoms with Crippen LogP contribution in [-0.2, 0) is 0 Å². The van der Waals surface area contributed by atoms with Crippen molar-refractivity contribution >= 4 is 112 Å². The van der Waals surface area contributed by atoms with Gasteiger partial charge in [0.05, 0.1) is 22.2 Å². The van der Waals surface area contributed by atoms with Gasteiger partial charge >= 0.3 is 0 Å². The molecule has 2 aliphatic heterocycles. The van der Waals surface area contributed by atoms with Crippen LogP contribution in [0.5, 0.6) is 0 Å². The number of benzene rings is 10. The second-order valence-corrected chi connectivity index (χ2v) is 18.0. The predicted octanol–water partition coefficient (Wildman–Crippen LogP) is 12.8. The van der Waals surface area contributed by atoms with E-state index < -0.39 is 0 Å². The highest BCUT2D eigenvalue weighted by molar-refractivity contribution is 7.00. The smallest absolute Gasteiger partial charge is 0.252 e. The summed E-state index contributed by atoms with van der Waals surface area (Å²) in [5.74, 6) is 0. The summed E-state index contributed by atoms with van der Waals surface area (Å²) in [7, 11) is 0. The summed E-state index contributed by atoms with van der Waals surface area (Å²) in [5, 5.41) is 2.30. The molecule has 10 aromatic carbocycles. The van der Waals surface area contributed by atoms with Gasteiger partial charge in [-0.15, -0.1) is 0 Å². The van der Waals surface area contributed by atoms with Gasteiger partial charge in [-0.1, -0.05) is 127 Å². The average molecular weight is 883 g/mol. The molecule has 69 heavy (non-hydrogen) atoms. The standard InChI is InChI=1S/C62H39BN4O2/c68-61-47-26-13-15-30-53(47)67-54-35-33-40(36-50(54)62(69)49-28-17-27-48(61)60(49)67)41-32-34-52-56(37-41)66(45-24-11-4-12-25-45)58-39-46(64(42-18-5-1-6-19-42)43-20-7-2-8-21-43)38-57-59(58)63(52)51-29-14-16-31-55(51)65(57)44-22-9-3-10-23-44/h1-39H. The lowest BCUT2D eigenvalue weighted by Crippen LogP contribution is -2.61. The molecule has 4 heterocycles.